The number of carbonyl (C=O) groups excluding carboxylic acids is 1. The van der Waals surface area contributed by atoms with Crippen LogP contribution in [0.3, 0.4) is 0 Å². The second-order valence-corrected chi connectivity index (χ2v) is 2.56. The van der Waals surface area contributed by atoms with Crippen molar-refractivity contribution in [3.05, 3.63) is 17.7 Å². The molecule has 0 saturated heterocycles. The molecule has 15 heavy (non-hydrogen) atoms. The molecule has 0 aliphatic carbocycles. The Hall–Kier alpha value is -2.42. The molecule has 0 aromatic heterocycles. The molecule has 1 aromatic carbocycles. The van der Waals surface area contributed by atoms with Crippen LogP contribution >= 0.6 is 0 Å². The number of phenols is 3. The van der Waals surface area contributed by atoms with Crippen LogP contribution in [-0.4, -0.2) is 27.9 Å². The van der Waals surface area contributed by atoms with E-state index in [2.05, 4.69) is 4.74 Å². The molecule has 1 rings (SSSR count). The quantitative estimate of drug-likeness (QED) is 0.482. The molecule has 0 aliphatic rings. The van der Waals surface area contributed by atoms with Gasteiger partial charge in [-0.25, -0.2) is 4.79 Å². The fourth-order valence-corrected chi connectivity index (χ4v) is 0.909. The third-order valence-corrected chi connectivity index (χ3v) is 1.62. The lowest BCUT2D eigenvalue weighted by Crippen LogP contribution is -2.05. The second kappa shape index (κ2) is 4.19. The van der Waals surface area contributed by atoms with Crippen molar-refractivity contribution >= 4 is 5.97 Å². The third-order valence-electron chi connectivity index (χ3n) is 1.62. The van der Waals surface area contributed by atoms with Crippen LogP contribution in [0.2, 0.25) is 0 Å². The summed E-state index contributed by atoms with van der Waals surface area (Å²) in [5.41, 5.74) is -0.319. The van der Waals surface area contributed by atoms with E-state index in [4.69, 9.17) is 15.5 Å². The molecule has 0 atom stereocenters. The maximum absolute atomic E-state index is 11.2. The average Bonchev–Trinajstić information content (AvgIpc) is 2.23. The average molecular weight is 209 g/mol. The predicted molar refractivity (Wildman–Crippen MR) is 47.3 cm³/mol. The van der Waals surface area contributed by atoms with Crippen LogP contribution in [0, 0.1) is 11.3 Å². The highest BCUT2D eigenvalue weighted by Gasteiger charge is 2.17. The smallest absolute Gasteiger partial charge is 0.343 e. The van der Waals surface area contributed by atoms with E-state index in [1.54, 1.807) is 6.07 Å². The number of ether oxygens (including phenoxy) is 1. The summed E-state index contributed by atoms with van der Waals surface area (Å²) in [4.78, 5) is 11.2. The molecule has 0 fully saturated rings. The van der Waals surface area contributed by atoms with E-state index in [1.165, 1.54) is 0 Å². The molecular formula is C9H7NO5. The Morgan fingerprint density at radius 3 is 2.60 bits per heavy atom. The Kier molecular flexibility index (Phi) is 2.98. The van der Waals surface area contributed by atoms with Gasteiger partial charge in [-0.1, -0.05) is 0 Å². The minimum absolute atomic E-state index is 0.319. The molecule has 0 radical (unpaired) electrons. The molecule has 6 nitrogen and oxygen atoms in total. The molecule has 0 bridgehead atoms. The number of aromatic hydroxyl groups is 3. The summed E-state index contributed by atoms with van der Waals surface area (Å²) >= 11 is 0. The first-order valence-corrected chi connectivity index (χ1v) is 3.86. The highest BCUT2D eigenvalue weighted by Crippen LogP contribution is 2.37. The van der Waals surface area contributed by atoms with Gasteiger partial charge in [-0.2, -0.15) is 5.26 Å². The van der Waals surface area contributed by atoms with Crippen molar-refractivity contribution in [2.24, 2.45) is 0 Å². The van der Waals surface area contributed by atoms with E-state index in [1.807, 2.05) is 0 Å². The zero-order chi connectivity index (χ0) is 11.4. The fourth-order valence-electron chi connectivity index (χ4n) is 0.909. The van der Waals surface area contributed by atoms with Gasteiger partial charge in [-0.05, 0) is 12.1 Å². The van der Waals surface area contributed by atoms with Crippen molar-refractivity contribution in [1.82, 2.24) is 0 Å². The Balaban J connectivity index is 3.01. The van der Waals surface area contributed by atoms with Crippen molar-refractivity contribution in [1.29, 1.82) is 5.26 Å². The summed E-state index contributed by atoms with van der Waals surface area (Å²) in [7, 11) is 0. The number of nitriles is 1. The summed E-state index contributed by atoms with van der Waals surface area (Å²) in [6, 6.07) is 3.68. The zero-order valence-electron chi connectivity index (χ0n) is 7.47. The van der Waals surface area contributed by atoms with Gasteiger partial charge in [0.2, 0.25) is 5.75 Å². The van der Waals surface area contributed by atoms with E-state index in [-0.39, 0.29) is 5.56 Å². The Morgan fingerprint density at radius 1 is 1.33 bits per heavy atom. The van der Waals surface area contributed by atoms with Gasteiger partial charge in [0.15, 0.2) is 18.1 Å². The van der Waals surface area contributed by atoms with Gasteiger partial charge in [0, 0.05) is 0 Å². The summed E-state index contributed by atoms with van der Waals surface area (Å²) in [6.45, 7) is -0.458. The number of rotatable bonds is 2. The molecule has 0 unspecified atom stereocenters. The van der Waals surface area contributed by atoms with Crippen molar-refractivity contribution < 1.29 is 24.9 Å². The summed E-state index contributed by atoms with van der Waals surface area (Å²) in [6.07, 6.45) is 0. The first kappa shape index (κ1) is 10.7. The molecule has 3 N–H and O–H groups in total. The van der Waals surface area contributed by atoms with Crippen LogP contribution in [0.25, 0.3) is 0 Å². The van der Waals surface area contributed by atoms with Crippen LogP contribution in [0.5, 0.6) is 17.2 Å². The molecule has 1 aromatic rings. The van der Waals surface area contributed by atoms with Crippen molar-refractivity contribution in [2.75, 3.05) is 6.61 Å². The lowest BCUT2D eigenvalue weighted by atomic mass is 10.2. The van der Waals surface area contributed by atoms with E-state index in [0.717, 1.165) is 12.1 Å². The van der Waals surface area contributed by atoms with E-state index < -0.39 is 29.8 Å². The van der Waals surface area contributed by atoms with Gasteiger partial charge >= 0.3 is 5.97 Å². The zero-order valence-corrected chi connectivity index (χ0v) is 7.47. The molecule has 0 heterocycles. The van der Waals surface area contributed by atoms with E-state index >= 15 is 0 Å². The molecule has 78 valence electrons. The van der Waals surface area contributed by atoms with Gasteiger partial charge in [0.05, 0.1) is 0 Å². The normalized spacial score (nSPS) is 9.27. The lowest BCUT2D eigenvalue weighted by molar-refractivity contribution is 0.0551. The highest BCUT2D eigenvalue weighted by atomic mass is 16.5. The molecule has 0 amide bonds. The second-order valence-electron chi connectivity index (χ2n) is 2.56. The molecule has 0 spiro atoms. The first-order valence-electron chi connectivity index (χ1n) is 3.86. The number of hydrogen-bond donors (Lipinski definition) is 3. The molecule has 0 saturated carbocycles. The van der Waals surface area contributed by atoms with Gasteiger partial charge in [0.25, 0.3) is 0 Å². The predicted octanol–water partition coefficient (Wildman–Crippen LogP) is 0.484. The Morgan fingerprint density at radius 2 is 2.00 bits per heavy atom. The summed E-state index contributed by atoms with van der Waals surface area (Å²) in [5, 5.41) is 35.5. The maximum Gasteiger partial charge on any atom is 0.343 e. The fraction of sp³-hybridized carbons (Fsp3) is 0.111. The van der Waals surface area contributed by atoms with Crippen LogP contribution in [0.1, 0.15) is 10.4 Å². The van der Waals surface area contributed by atoms with Crippen molar-refractivity contribution in [3.8, 4) is 23.3 Å². The van der Waals surface area contributed by atoms with Gasteiger partial charge in [-0.15, -0.1) is 0 Å². The maximum atomic E-state index is 11.2. The monoisotopic (exact) mass is 209 g/mol. The highest BCUT2D eigenvalue weighted by molar-refractivity contribution is 5.93. The SMILES string of the molecule is N#CCOC(=O)c1ccc(O)c(O)c1O. The topological polar surface area (TPSA) is 111 Å². The number of carbonyl (C=O) groups is 1. The number of phenolic OH excluding ortho intramolecular Hbond substituents is 3. The number of hydrogen-bond acceptors (Lipinski definition) is 6. The molecule has 0 aliphatic heterocycles. The van der Waals surface area contributed by atoms with Crippen LogP contribution in [-0.2, 0) is 4.74 Å². The minimum atomic E-state index is -0.954. The number of benzene rings is 1. The van der Waals surface area contributed by atoms with Gasteiger partial charge in [-0.3, -0.25) is 0 Å². The van der Waals surface area contributed by atoms with Crippen LogP contribution in [0.15, 0.2) is 12.1 Å². The largest absolute Gasteiger partial charge is 0.504 e. The molecular weight excluding hydrogens is 202 g/mol. The van der Waals surface area contributed by atoms with Crippen LogP contribution in [0.4, 0.5) is 0 Å². The number of esters is 1. The number of nitrogens with zero attached hydrogens (tertiary/aromatic N) is 1. The van der Waals surface area contributed by atoms with Crippen LogP contribution < -0.4 is 0 Å². The summed E-state index contributed by atoms with van der Waals surface area (Å²) in [5.74, 6) is -3.09. The van der Waals surface area contributed by atoms with Gasteiger partial charge < -0.3 is 20.1 Å². The minimum Gasteiger partial charge on any atom is -0.504 e. The lowest BCUT2D eigenvalue weighted by Gasteiger charge is -2.05. The van der Waals surface area contributed by atoms with Gasteiger partial charge in [0.1, 0.15) is 11.6 Å². The van der Waals surface area contributed by atoms with E-state index in [0.29, 0.717) is 0 Å². The van der Waals surface area contributed by atoms with Crippen molar-refractivity contribution in [2.45, 2.75) is 0 Å². The first-order chi connectivity index (χ1) is 7.07. The molecule has 6 heteroatoms. The standard InChI is InChI=1S/C9H7NO5/c10-3-4-15-9(14)5-1-2-6(11)8(13)7(5)12/h1-2,11-13H,4H2. The Bertz CT molecular complexity index is 435. The third kappa shape index (κ3) is 2.08. The van der Waals surface area contributed by atoms with Crippen molar-refractivity contribution in [3.63, 3.8) is 0 Å². The van der Waals surface area contributed by atoms with E-state index in [9.17, 15) is 9.90 Å². The summed E-state index contributed by atoms with van der Waals surface area (Å²) < 4.78 is 4.40. The Labute approximate surface area is 84.6 Å².